The van der Waals surface area contributed by atoms with Crippen LogP contribution in [0.2, 0.25) is 0 Å². The fourth-order valence-corrected chi connectivity index (χ4v) is 2.87. The van der Waals surface area contributed by atoms with E-state index in [9.17, 15) is 4.79 Å². The van der Waals surface area contributed by atoms with Crippen LogP contribution in [-0.2, 0) is 4.79 Å². The van der Waals surface area contributed by atoms with Crippen molar-refractivity contribution in [2.45, 2.75) is 44.9 Å². The normalized spacial score (nSPS) is 12.2. The van der Waals surface area contributed by atoms with Crippen LogP contribution in [0.4, 0.5) is 0 Å². The Balaban J connectivity index is 2.14. The number of thioether (sulfide) groups is 1. The smallest absolute Gasteiger partial charge is 0.220 e. The summed E-state index contributed by atoms with van der Waals surface area (Å²) in [5.41, 5.74) is 2.59. The molecule has 118 valence electrons. The van der Waals surface area contributed by atoms with Crippen molar-refractivity contribution in [3.05, 3.63) is 29.3 Å². The summed E-state index contributed by atoms with van der Waals surface area (Å²) in [7, 11) is 0. The maximum atomic E-state index is 11.7. The van der Waals surface area contributed by atoms with E-state index in [-0.39, 0.29) is 12.5 Å². The molecule has 1 unspecified atom stereocenters. The van der Waals surface area contributed by atoms with Gasteiger partial charge in [0.25, 0.3) is 0 Å². The van der Waals surface area contributed by atoms with Gasteiger partial charge in [-0.15, -0.1) is 11.8 Å². The van der Waals surface area contributed by atoms with E-state index in [0.29, 0.717) is 18.9 Å². The molecular weight excluding hydrogens is 282 g/mol. The number of aryl methyl sites for hydroxylation is 2. The molecule has 0 saturated heterocycles. The topological polar surface area (TPSA) is 49.3 Å². The SMILES string of the molecule is Cc1ccc(SCCC(=O)NCCCC(C)CO)cc1C. The molecule has 3 nitrogen and oxygen atoms in total. The number of hydrogen-bond acceptors (Lipinski definition) is 3. The highest BCUT2D eigenvalue weighted by Gasteiger charge is 2.04. The average molecular weight is 309 g/mol. The van der Waals surface area contributed by atoms with E-state index in [2.05, 4.69) is 37.4 Å². The molecule has 1 rings (SSSR count). The lowest BCUT2D eigenvalue weighted by Gasteiger charge is -2.08. The van der Waals surface area contributed by atoms with E-state index in [1.807, 2.05) is 6.92 Å². The number of aliphatic hydroxyl groups excluding tert-OH is 1. The van der Waals surface area contributed by atoms with Gasteiger partial charge in [0.05, 0.1) is 0 Å². The minimum Gasteiger partial charge on any atom is -0.396 e. The number of carbonyl (C=O) groups excluding carboxylic acids is 1. The lowest BCUT2D eigenvalue weighted by Crippen LogP contribution is -2.25. The molecule has 0 aromatic heterocycles. The van der Waals surface area contributed by atoms with Crippen molar-refractivity contribution in [1.82, 2.24) is 5.32 Å². The molecule has 0 spiro atoms. The van der Waals surface area contributed by atoms with Gasteiger partial charge >= 0.3 is 0 Å². The number of amides is 1. The first kappa shape index (κ1) is 18.1. The number of aliphatic hydroxyl groups is 1. The highest BCUT2D eigenvalue weighted by atomic mass is 32.2. The second kappa shape index (κ2) is 9.85. The Kier molecular flexibility index (Phi) is 8.47. The Morgan fingerprint density at radius 2 is 2.10 bits per heavy atom. The standard InChI is InChI=1S/C17H27NO2S/c1-13(12-19)5-4-9-18-17(20)8-10-21-16-7-6-14(2)15(3)11-16/h6-7,11,13,19H,4-5,8-10,12H2,1-3H3,(H,18,20). The number of rotatable bonds is 9. The molecule has 0 aliphatic rings. The van der Waals surface area contributed by atoms with Crippen LogP contribution < -0.4 is 5.32 Å². The molecule has 2 N–H and O–H groups in total. The summed E-state index contributed by atoms with van der Waals surface area (Å²) in [6.07, 6.45) is 2.43. The van der Waals surface area contributed by atoms with Crippen LogP contribution in [0.3, 0.4) is 0 Å². The van der Waals surface area contributed by atoms with Crippen molar-refractivity contribution in [3.63, 3.8) is 0 Å². The molecule has 1 aromatic rings. The van der Waals surface area contributed by atoms with Crippen LogP contribution in [0, 0.1) is 19.8 Å². The molecule has 0 saturated carbocycles. The fourth-order valence-electron chi connectivity index (χ4n) is 1.92. The lowest BCUT2D eigenvalue weighted by molar-refractivity contribution is -0.120. The minimum atomic E-state index is 0.114. The maximum absolute atomic E-state index is 11.7. The minimum absolute atomic E-state index is 0.114. The molecule has 0 aliphatic carbocycles. The summed E-state index contributed by atoms with van der Waals surface area (Å²) >= 11 is 1.73. The van der Waals surface area contributed by atoms with Gasteiger partial charge in [-0.1, -0.05) is 13.0 Å². The zero-order valence-electron chi connectivity index (χ0n) is 13.3. The second-order valence-electron chi connectivity index (χ2n) is 5.62. The summed E-state index contributed by atoms with van der Waals surface area (Å²) in [6, 6.07) is 6.41. The van der Waals surface area contributed by atoms with E-state index < -0.39 is 0 Å². The Bertz CT molecular complexity index is 448. The van der Waals surface area contributed by atoms with Crippen LogP contribution in [0.15, 0.2) is 23.1 Å². The van der Waals surface area contributed by atoms with Crippen molar-refractivity contribution >= 4 is 17.7 Å². The zero-order valence-corrected chi connectivity index (χ0v) is 14.1. The quantitative estimate of drug-likeness (QED) is 0.543. The molecule has 0 radical (unpaired) electrons. The van der Waals surface area contributed by atoms with Crippen LogP contribution in [-0.4, -0.2) is 29.9 Å². The van der Waals surface area contributed by atoms with Crippen molar-refractivity contribution in [1.29, 1.82) is 0 Å². The first-order chi connectivity index (χ1) is 10.0. The van der Waals surface area contributed by atoms with Gasteiger partial charge in [0, 0.05) is 30.2 Å². The van der Waals surface area contributed by atoms with Gasteiger partial charge in [-0.05, 0) is 55.9 Å². The summed E-state index contributed by atoms with van der Waals surface area (Å²) in [4.78, 5) is 12.9. The predicted molar refractivity (Wildman–Crippen MR) is 89.8 cm³/mol. The molecule has 4 heteroatoms. The van der Waals surface area contributed by atoms with E-state index >= 15 is 0 Å². The molecule has 21 heavy (non-hydrogen) atoms. The molecule has 0 aliphatic heterocycles. The van der Waals surface area contributed by atoms with E-state index in [4.69, 9.17) is 5.11 Å². The molecule has 0 heterocycles. The predicted octanol–water partition coefficient (Wildman–Crippen LogP) is 3.31. The van der Waals surface area contributed by atoms with Crippen LogP contribution in [0.25, 0.3) is 0 Å². The van der Waals surface area contributed by atoms with Crippen molar-refractivity contribution in [2.24, 2.45) is 5.92 Å². The third-order valence-electron chi connectivity index (χ3n) is 3.58. The summed E-state index contributed by atoms with van der Waals surface area (Å²) in [6.45, 7) is 7.16. The maximum Gasteiger partial charge on any atom is 0.220 e. The van der Waals surface area contributed by atoms with E-state index in [1.165, 1.54) is 16.0 Å². The highest BCUT2D eigenvalue weighted by Crippen LogP contribution is 2.21. The monoisotopic (exact) mass is 309 g/mol. The van der Waals surface area contributed by atoms with E-state index in [1.54, 1.807) is 11.8 Å². The first-order valence-corrected chi connectivity index (χ1v) is 8.59. The largest absolute Gasteiger partial charge is 0.396 e. The number of nitrogens with one attached hydrogen (secondary N) is 1. The molecule has 1 atom stereocenters. The Hall–Kier alpha value is -1.00. The van der Waals surface area contributed by atoms with Crippen molar-refractivity contribution < 1.29 is 9.90 Å². The zero-order chi connectivity index (χ0) is 15.7. The first-order valence-electron chi connectivity index (χ1n) is 7.60. The molecule has 0 fully saturated rings. The van der Waals surface area contributed by atoms with Crippen LogP contribution >= 0.6 is 11.8 Å². The molecule has 1 aromatic carbocycles. The number of benzene rings is 1. The Morgan fingerprint density at radius 3 is 2.76 bits per heavy atom. The summed E-state index contributed by atoms with van der Waals surface area (Å²) in [5.74, 6) is 1.24. The summed E-state index contributed by atoms with van der Waals surface area (Å²) < 4.78 is 0. The van der Waals surface area contributed by atoms with Gasteiger partial charge in [-0.3, -0.25) is 4.79 Å². The fraction of sp³-hybridized carbons (Fsp3) is 0.588. The van der Waals surface area contributed by atoms with Gasteiger partial charge in [0.1, 0.15) is 0 Å². The van der Waals surface area contributed by atoms with E-state index in [0.717, 1.165) is 18.6 Å². The summed E-state index contributed by atoms with van der Waals surface area (Å²) in [5, 5.41) is 11.8. The molecular formula is C17H27NO2S. The third kappa shape index (κ3) is 7.53. The van der Waals surface area contributed by atoms with Crippen molar-refractivity contribution in [3.8, 4) is 0 Å². The van der Waals surface area contributed by atoms with Crippen molar-refractivity contribution in [2.75, 3.05) is 18.9 Å². The van der Waals surface area contributed by atoms with Crippen LogP contribution in [0.5, 0.6) is 0 Å². The Labute approximate surface area is 132 Å². The van der Waals surface area contributed by atoms with Gasteiger partial charge in [-0.25, -0.2) is 0 Å². The van der Waals surface area contributed by atoms with Gasteiger partial charge < -0.3 is 10.4 Å². The van der Waals surface area contributed by atoms with Gasteiger partial charge in [-0.2, -0.15) is 0 Å². The van der Waals surface area contributed by atoms with Gasteiger partial charge in [0.2, 0.25) is 5.91 Å². The van der Waals surface area contributed by atoms with Gasteiger partial charge in [0.15, 0.2) is 0 Å². The average Bonchev–Trinajstić information content (AvgIpc) is 2.47. The number of carbonyl (C=O) groups is 1. The third-order valence-corrected chi connectivity index (χ3v) is 4.58. The van der Waals surface area contributed by atoms with Crippen LogP contribution in [0.1, 0.15) is 37.3 Å². The highest BCUT2D eigenvalue weighted by molar-refractivity contribution is 7.99. The molecule has 0 bridgehead atoms. The Morgan fingerprint density at radius 1 is 1.33 bits per heavy atom. The lowest BCUT2D eigenvalue weighted by atomic mass is 10.1. The second-order valence-corrected chi connectivity index (χ2v) is 6.79. The number of hydrogen-bond donors (Lipinski definition) is 2. The molecule has 1 amide bonds.